The van der Waals surface area contributed by atoms with E-state index in [-0.39, 0.29) is 17.1 Å². The second-order valence-corrected chi connectivity index (χ2v) is 2.87. The highest BCUT2D eigenvalue weighted by molar-refractivity contribution is 5.85. The molecule has 0 atom stereocenters. The standard InChI is InChI=1S/C5H6N4O2.C4H4N2O/c6-4(11)9-5-7-2-1-3(10)8-5;7-4-1-2-5-3-6-4/h1-2H,(H4,6,7,8,9,10,11);1-3H,(H,5,6,7). The van der Waals surface area contributed by atoms with Crippen molar-refractivity contribution in [1.82, 2.24) is 19.9 Å². The van der Waals surface area contributed by atoms with Gasteiger partial charge in [0.2, 0.25) is 5.95 Å². The molecule has 94 valence electrons. The van der Waals surface area contributed by atoms with Crippen LogP contribution >= 0.6 is 0 Å². The van der Waals surface area contributed by atoms with E-state index < -0.39 is 6.03 Å². The molecule has 0 fully saturated rings. The lowest BCUT2D eigenvalue weighted by Crippen LogP contribution is -2.22. The maximum atomic E-state index is 10.6. The molecule has 0 spiro atoms. The fraction of sp³-hybridized carbons (Fsp3) is 0. The fourth-order valence-corrected chi connectivity index (χ4v) is 0.853. The summed E-state index contributed by atoms with van der Waals surface area (Å²) in [7, 11) is 0. The molecule has 9 nitrogen and oxygen atoms in total. The third-order valence-electron chi connectivity index (χ3n) is 1.51. The Bertz CT molecular complexity index is 602. The topological polar surface area (TPSA) is 147 Å². The summed E-state index contributed by atoms with van der Waals surface area (Å²) in [5.41, 5.74) is 4.30. The number of primary amides is 1. The van der Waals surface area contributed by atoms with Crippen LogP contribution in [0, 0.1) is 0 Å². The molecule has 2 amide bonds. The normalized spacial score (nSPS) is 8.89. The number of aromatic nitrogens is 4. The lowest BCUT2D eigenvalue weighted by molar-refractivity contribution is 0.259. The Morgan fingerprint density at radius 3 is 2.39 bits per heavy atom. The highest BCUT2D eigenvalue weighted by Crippen LogP contribution is 1.87. The first-order valence-corrected chi connectivity index (χ1v) is 4.68. The number of urea groups is 1. The van der Waals surface area contributed by atoms with Crippen molar-refractivity contribution in [2.75, 3.05) is 5.32 Å². The zero-order chi connectivity index (χ0) is 13.4. The molecule has 2 aromatic heterocycles. The first-order valence-electron chi connectivity index (χ1n) is 4.68. The Balaban J connectivity index is 0.000000199. The average Bonchev–Trinajstić information content (AvgIpc) is 2.30. The van der Waals surface area contributed by atoms with Gasteiger partial charge >= 0.3 is 6.03 Å². The average molecular weight is 250 g/mol. The van der Waals surface area contributed by atoms with Gasteiger partial charge in [-0.1, -0.05) is 0 Å². The van der Waals surface area contributed by atoms with E-state index in [4.69, 9.17) is 5.73 Å². The van der Waals surface area contributed by atoms with Gasteiger partial charge in [0, 0.05) is 24.5 Å². The minimum absolute atomic E-state index is 0.0463. The molecule has 0 aromatic carbocycles. The summed E-state index contributed by atoms with van der Waals surface area (Å²) < 4.78 is 0. The lowest BCUT2D eigenvalue weighted by atomic mass is 10.6. The van der Waals surface area contributed by atoms with Crippen molar-refractivity contribution in [3.63, 3.8) is 0 Å². The van der Waals surface area contributed by atoms with Crippen LogP contribution in [0.4, 0.5) is 10.7 Å². The molecule has 0 aliphatic carbocycles. The summed E-state index contributed by atoms with van der Waals surface area (Å²) in [5.74, 6) is 0.0463. The number of hydrogen-bond donors (Lipinski definition) is 4. The molecule has 0 bridgehead atoms. The molecule has 9 heteroatoms. The third-order valence-corrected chi connectivity index (χ3v) is 1.51. The maximum absolute atomic E-state index is 10.6. The number of aromatic amines is 2. The van der Waals surface area contributed by atoms with Gasteiger partial charge in [-0.2, -0.15) is 0 Å². The van der Waals surface area contributed by atoms with Gasteiger partial charge < -0.3 is 10.7 Å². The van der Waals surface area contributed by atoms with Crippen LogP contribution in [0.5, 0.6) is 0 Å². The van der Waals surface area contributed by atoms with E-state index in [0.29, 0.717) is 0 Å². The predicted molar refractivity (Wildman–Crippen MR) is 62.9 cm³/mol. The summed E-state index contributed by atoms with van der Waals surface area (Å²) >= 11 is 0. The number of anilines is 1. The molecule has 0 aliphatic heterocycles. The van der Waals surface area contributed by atoms with E-state index >= 15 is 0 Å². The molecule has 18 heavy (non-hydrogen) atoms. The molecule has 2 aromatic rings. The fourth-order valence-electron chi connectivity index (χ4n) is 0.853. The number of nitrogens with one attached hydrogen (secondary N) is 3. The monoisotopic (exact) mass is 250 g/mol. The molecule has 0 saturated heterocycles. The minimum atomic E-state index is -0.764. The Kier molecular flexibility index (Phi) is 4.79. The predicted octanol–water partition coefficient (Wildman–Crippen LogP) is -0.970. The van der Waals surface area contributed by atoms with Gasteiger partial charge in [0.05, 0.1) is 6.33 Å². The SMILES string of the molecule is NC(=O)Nc1nccc(=O)[nH]1.O=c1ccnc[nH]1. The summed E-state index contributed by atoms with van der Waals surface area (Å²) in [6, 6.07) is 1.82. The van der Waals surface area contributed by atoms with Gasteiger partial charge in [-0.25, -0.2) is 14.8 Å². The number of carbonyl (C=O) groups excluding carboxylic acids is 1. The van der Waals surface area contributed by atoms with Crippen LogP contribution in [0.1, 0.15) is 0 Å². The molecule has 2 heterocycles. The van der Waals surface area contributed by atoms with E-state index in [0.717, 1.165) is 0 Å². The van der Waals surface area contributed by atoms with Crippen molar-refractivity contribution in [2.45, 2.75) is 0 Å². The van der Waals surface area contributed by atoms with Gasteiger partial charge in [0.1, 0.15) is 0 Å². The number of amides is 2. The van der Waals surface area contributed by atoms with Gasteiger partial charge in [0.25, 0.3) is 11.1 Å². The van der Waals surface area contributed by atoms with Crippen molar-refractivity contribution in [1.29, 1.82) is 0 Å². The van der Waals surface area contributed by atoms with E-state index in [1.807, 2.05) is 0 Å². The van der Waals surface area contributed by atoms with Crippen LogP contribution < -0.4 is 22.2 Å². The first kappa shape index (κ1) is 13.1. The molecule has 0 radical (unpaired) electrons. The Labute approximate surface area is 100 Å². The van der Waals surface area contributed by atoms with Crippen molar-refractivity contribution in [3.8, 4) is 0 Å². The second kappa shape index (κ2) is 6.58. The lowest BCUT2D eigenvalue weighted by Gasteiger charge is -1.96. The minimum Gasteiger partial charge on any atom is -0.351 e. The third kappa shape index (κ3) is 5.21. The highest BCUT2D eigenvalue weighted by atomic mass is 16.2. The highest BCUT2D eigenvalue weighted by Gasteiger charge is 1.95. The van der Waals surface area contributed by atoms with E-state index in [1.54, 1.807) is 0 Å². The van der Waals surface area contributed by atoms with Crippen molar-refractivity contribution in [2.24, 2.45) is 5.73 Å². The zero-order valence-corrected chi connectivity index (χ0v) is 9.08. The van der Waals surface area contributed by atoms with Gasteiger partial charge in [0.15, 0.2) is 0 Å². The zero-order valence-electron chi connectivity index (χ0n) is 9.08. The summed E-state index contributed by atoms with van der Waals surface area (Å²) in [4.78, 5) is 42.8. The molecule has 0 unspecified atom stereocenters. The number of carbonyl (C=O) groups is 1. The Morgan fingerprint density at radius 2 is 1.94 bits per heavy atom. The number of nitrogens with two attached hydrogens (primary N) is 1. The van der Waals surface area contributed by atoms with E-state index in [9.17, 15) is 14.4 Å². The number of nitrogens with zero attached hydrogens (tertiary/aromatic N) is 2. The van der Waals surface area contributed by atoms with Gasteiger partial charge in [-0.15, -0.1) is 0 Å². The first-order chi connectivity index (χ1) is 8.58. The van der Waals surface area contributed by atoms with Crippen LogP contribution in [0.2, 0.25) is 0 Å². The van der Waals surface area contributed by atoms with Crippen LogP contribution in [-0.4, -0.2) is 26.0 Å². The van der Waals surface area contributed by atoms with Crippen LogP contribution in [0.15, 0.2) is 40.4 Å². The van der Waals surface area contributed by atoms with Crippen LogP contribution in [-0.2, 0) is 0 Å². The molecule has 0 saturated carbocycles. The van der Waals surface area contributed by atoms with Crippen LogP contribution in [0.3, 0.4) is 0 Å². The summed E-state index contributed by atoms with van der Waals surface area (Å²) in [6.07, 6.45) is 4.06. The Hall–Kier alpha value is -2.97. The van der Waals surface area contributed by atoms with E-state index in [2.05, 4.69) is 25.3 Å². The molecule has 5 N–H and O–H groups in total. The maximum Gasteiger partial charge on any atom is 0.318 e. The quantitative estimate of drug-likeness (QED) is 0.514. The Morgan fingerprint density at radius 1 is 1.22 bits per heavy atom. The van der Waals surface area contributed by atoms with Crippen LogP contribution in [0.25, 0.3) is 0 Å². The number of rotatable bonds is 1. The molecular weight excluding hydrogens is 240 g/mol. The molecule has 0 aliphatic rings. The summed E-state index contributed by atoms with van der Waals surface area (Å²) in [6.45, 7) is 0. The number of hydrogen-bond acceptors (Lipinski definition) is 5. The molecule has 2 rings (SSSR count). The van der Waals surface area contributed by atoms with Crippen molar-refractivity contribution < 1.29 is 4.79 Å². The van der Waals surface area contributed by atoms with Crippen molar-refractivity contribution >= 4 is 12.0 Å². The van der Waals surface area contributed by atoms with Gasteiger partial charge in [-0.05, 0) is 0 Å². The molecular formula is C9H10N6O3. The summed E-state index contributed by atoms with van der Waals surface area (Å²) in [5, 5.41) is 2.12. The smallest absolute Gasteiger partial charge is 0.318 e. The van der Waals surface area contributed by atoms with E-state index in [1.165, 1.54) is 30.9 Å². The number of H-pyrrole nitrogens is 2. The second-order valence-electron chi connectivity index (χ2n) is 2.87. The van der Waals surface area contributed by atoms with Gasteiger partial charge in [-0.3, -0.25) is 19.9 Å². The van der Waals surface area contributed by atoms with Crippen molar-refractivity contribution in [3.05, 3.63) is 51.6 Å². The largest absolute Gasteiger partial charge is 0.351 e.